The molecule has 0 aliphatic heterocycles. The van der Waals surface area contributed by atoms with Gasteiger partial charge in [0.15, 0.2) is 0 Å². The quantitative estimate of drug-likeness (QED) is 0.659. The SMILES string of the molecule is N=C1C(CCCl)CC2CCCC1C2. The summed E-state index contributed by atoms with van der Waals surface area (Å²) in [6.07, 6.45) is 7.62. The lowest BCUT2D eigenvalue weighted by Crippen LogP contribution is -2.35. The number of halogens is 1. The van der Waals surface area contributed by atoms with E-state index in [1.165, 1.54) is 32.1 Å². The van der Waals surface area contributed by atoms with Gasteiger partial charge in [-0.15, -0.1) is 11.6 Å². The van der Waals surface area contributed by atoms with Crippen LogP contribution in [0.1, 0.15) is 38.5 Å². The normalized spacial score (nSPS) is 39.2. The summed E-state index contributed by atoms with van der Waals surface area (Å²) in [5.74, 6) is 2.80. The van der Waals surface area contributed by atoms with Gasteiger partial charge in [-0.1, -0.05) is 12.8 Å². The van der Waals surface area contributed by atoms with Gasteiger partial charge in [0, 0.05) is 11.6 Å². The van der Waals surface area contributed by atoms with Crippen LogP contribution in [0.2, 0.25) is 0 Å². The van der Waals surface area contributed by atoms with E-state index in [1.807, 2.05) is 0 Å². The summed E-state index contributed by atoms with van der Waals surface area (Å²) in [6.45, 7) is 0. The van der Waals surface area contributed by atoms with Crippen LogP contribution in [0.4, 0.5) is 0 Å². The molecule has 2 bridgehead atoms. The fourth-order valence-electron chi connectivity index (χ4n) is 3.06. The van der Waals surface area contributed by atoms with Crippen LogP contribution in [0.25, 0.3) is 0 Å². The predicted octanol–water partition coefficient (Wildman–Crippen LogP) is 3.46. The largest absolute Gasteiger partial charge is 0.309 e. The molecular formula is C11H18ClN. The number of fused-ring (bicyclic) bond motifs is 2. The molecule has 0 aromatic heterocycles. The summed E-state index contributed by atoms with van der Waals surface area (Å²) < 4.78 is 0. The minimum absolute atomic E-state index is 0.529. The van der Waals surface area contributed by atoms with E-state index in [0.29, 0.717) is 11.8 Å². The molecule has 2 fully saturated rings. The summed E-state index contributed by atoms with van der Waals surface area (Å²) in [5.41, 5.74) is 1.02. The van der Waals surface area contributed by atoms with Crippen LogP contribution in [0.3, 0.4) is 0 Å². The zero-order valence-corrected chi connectivity index (χ0v) is 8.82. The summed E-state index contributed by atoms with van der Waals surface area (Å²) in [5, 5.41) is 8.07. The lowest BCUT2D eigenvalue weighted by atomic mass is 9.66. The minimum Gasteiger partial charge on any atom is -0.309 e. The molecule has 0 aromatic carbocycles. The molecule has 0 spiro atoms. The average molecular weight is 200 g/mol. The highest BCUT2D eigenvalue weighted by Crippen LogP contribution is 2.41. The molecular weight excluding hydrogens is 182 g/mol. The van der Waals surface area contributed by atoms with E-state index in [1.54, 1.807) is 0 Å². The van der Waals surface area contributed by atoms with Crippen LogP contribution in [0.5, 0.6) is 0 Å². The highest BCUT2D eigenvalue weighted by Gasteiger charge is 2.35. The van der Waals surface area contributed by atoms with E-state index in [4.69, 9.17) is 17.0 Å². The summed E-state index contributed by atoms with van der Waals surface area (Å²) in [4.78, 5) is 0. The van der Waals surface area contributed by atoms with Gasteiger partial charge in [-0.3, -0.25) is 0 Å². The van der Waals surface area contributed by atoms with Gasteiger partial charge in [0.1, 0.15) is 0 Å². The number of nitrogens with one attached hydrogen (secondary N) is 1. The molecule has 0 aromatic rings. The van der Waals surface area contributed by atoms with E-state index in [9.17, 15) is 0 Å². The first-order valence-electron chi connectivity index (χ1n) is 5.45. The van der Waals surface area contributed by atoms with Crippen LogP contribution >= 0.6 is 11.6 Å². The van der Waals surface area contributed by atoms with Crippen molar-refractivity contribution in [2.45, 2.75) is 38.5 Å². The molecule has 0 amide bonds. The molecule has 0 radical (unpaired) electrons. The molecule has 1 nitrogen and oxygen atoms in total. The molecule has 74 valence electrons. The first-order valence-corrected chi connectivity index (χ1v) is 5.99. The number of alkyl halides is 1. The maximum atomic E-state index is 8.07. The van der Waals surface area contributed by atoms with E-state index in [2.05, 4.69) is 0 Å². The molecule has 2 aliphatic carbocycles. The van der Waals surface area contributed by atoms with Crippen molar-refractivity contribution in [2.24, 2.45) is 17.8 Å². The van der Waals surface area contributed by atoms with Crippen molar-refractivity contribution in [1.82, 2.24) is 0 Å². The van der Waals surface area contributed by atoms with Crippen LogP contribution in [-0.2, 0) is 0 Å². The van der Waals surface area contributed by atoms with E-state index in [0.717, 1.165) is 23.9 Å². The number of hydrogen-bond donors (Lipinski definition) is 1. The van der Waals surface area contributed by atoms with E-state index < -0.39 is 0 Å². The highest BCUT2D eigenvalue weighted by molar-refractivity contribution is 6.18. The minimum atomic E-state index is 0.529. The van der Waals surface area contributed by atoms with Crippen LogP contribution < -0.4 is 0 Å². The van der Waals surface area contributed by atoms with E-state index >= 15 is 0 Å². The summed E-state index contributed by atoms with van der Waals surface area (Å²) >= 11 is 5.76. The predicted molar refractivity (Wildman–Crippen MR) is 56.6 cm³/mol. The summed E-state index contributed by atoms with van der Waals surface area (Å²) in [6, 6.07) is 0. The van der Waals surface area contributed by atoms with Gasteiger partial charge in [0.25, 0.3) is 0 Å². The Labute approximate surface area is 85.4 Å². The Morgan fingerprint density at radius 2 is 2.15 bits per heavy atom. The third-order valence-electron chi connectivity index (χ3n) is 3.74. The van der Waals surface area contributed by atoms with Crippen molar-refractivity contribution in [1.29, 1.82) is 5.41 Å². The molecule has 1 N–H and O–H groups in total. The Morgan fingerprint density at radius 3 is 2.92 bits per heavy atom. The Kier molecular flexibility index (Phi) is 2.92. The smallest absolute Gasteiger partial charge is 0.0229 e. The molecule has 2 heteroatoms. The average Bonchev–Trinajstić information content (AvgIpc) is 2.15. The van der Waals surface area contributed by atoms with Gasteiger partial charge in [-0.05, 0) is 43.4 Å². The van der Waals surface area contributed by atoms with Crippen molar-refractivity contribution in [3.8, 4) is 0 Å². The maximum Gasteiger partial charge on any atom is 0.0229 e. The fraction of sp³-hybridized carbons (Fsp3) is 0.909. The summed E-state index contributed by atoms with van der Waals surface area (Å²) in [7, 11) is 0. The fourth-order valence-corrected chi connectivity index (χ4v) is 3.32. The first-order chi connectivity index (χ1) is 6.31. The molecule has 2 aliphatic rings. The molecule has 0 saturated heterocycles. The molecule has 3 atom stereocenters. The Morgan fingerprint density at radius 1 is 1.31 bits per heavy atom. The van der Waals surface area contributed by atoms with Crippen LogP contribution in [0, 0.1) is 23.2 Å². The lowest BCUT2D eigenvalue weighted by molar-refractivity contribution is 0.241. The number of hydrogen-bond acceptors (Lipinski definition) is 1. The highest BCUT2D eigenvalue weighted by atomic mass is 35.5. The van der Waals surface area contributed by atoms with Crippen molar-refractivity contribution in [2.75, 3.05) is 5.88 Å². The third kappa shape index (κ3) is 1.90. The zero-order chi connectivity index (χ0) is 9.26. The molecule has 13 heavy (non-hydrogen) atoms. The maximum absolute atomic E-state index is 8.07. The van der Waals surface area contributed by atoms with Gasteiger partial charge < -0.3 is 5.41 Å². The second-order valence-corrected chi connectivity index (χ2v) is 4.97. The van der Waals surface area contributed by atoms with Crippen molar-refractivity contribution >= 4 is 17.3 Å². The van der Waals surface area contributed by atoms with Crippen molar-refractivity contribution in [3.63, 3.8) is 0 Å². The van der Waals surface area contributed by atoms with Crippen molar-refractivity contribution in [3.05, 3.63) is 0 Å². The molecule has 3 unspecified atom stereocenters. The Balaban J connectivity index is 2.02. The van der Waals surface area contributed by atoms with Crippen LogP contribution in [0.15, 0.2) is 0 Å². The van der Waals surface area contributed by atoms with Crippen molar-refractivity contribution < 1.29 is 0 Å². The standard InChI is InChI=1S/C11H18ClN/c12-5-4-10-7-8-2-1-3-9(6-8)11(10)13/h8-10,13H,1-7H2. The molecule has 2 saturated carbocycles. The van der Waals surface area contributed by atoms with Gasteiger partial charge in [-0.25, -0.2) is 0 Å². The first kappa shape index (κ1) is 9.51. The lowest BCUT2D eigenvalue weighted by Gasteiger charge is -2.39. The van der Waals surface area contributed by atoms with Crippen LogP contribution in [-0.4, -0.2) is 11.6 Å². The van der Waals surface area contributed by atoms with Gasteiger partial charge in [0.2, 0.25) is 0 Å². The topological polar surface area (TPSA) is 23.9 Å². The Hall–Kier alpha value is -0.0400. The second kappa shape index (κ2) is 4.00. The van der Waals surface area contributed by atoms with E-state index in [-0.39, 0.29) is 0 Å². The third-order valence-corrected chi connectivity index (χ3v) is 3.96. The Bertz CT molecular complexity index is 202. The van der Waals surface area contributed by atoms with Gasteiger partial charge >= 0.3 is 0 Å². The second-order valence-electron chi connectivity index (χ2n) is 4.60. The zero-order valence-electron chi connectivity index (χ0n) is 8.06. The van der Waals surface area contributed by atoms with Gasteiger partial charge in [0.05, 0.1) is 0 Å². The molecule has 2 rings (SSSR count). The molecule has 0 heterocycles. The number of rotatable bonds is 2. The van der Waals surface area contributed by atoms with Gasteiger partial charge in [-0.2, -0.15) is 0 Å². The monoisotopic (exact) mass is 199 g/mol.